The summed E-state index contributed by atoms with van der Waals surface area (Å²) >= 11 is 0. The molecule has 0 aromatic carbocycles. The number of aryl methyl sites for hydroxylation is 1. The maximum atomic E-state index is 12.6. The molecule has 1 aliphatic heterocycles. The molecule has 0 amide bonds. The van der Waals surface area contributed by atoms with E-state index in [0.29, 0.717) is 28.7 Å². The average molecular weight is 398 g/mol. The van der Waals surface area contributed by atoms with Crippen molar-refractivity contribution in [2.45, 2.75) is 25.8 Å². The SMILES string of the molecule is COc1nc(N2CCC(CCP(O)O)CC2)cc2cnn(CCF)c(=O)c12. The number of halogens is 1. The van der Waals surface area contributed by atoms with Crippen LogP contribution in [0.15, 0.2) is 17.1 Å². The van der Waals surface area contributed by atoms with E-state index in [0.717, 1.165) is 37.0 Å². The molecule has 0 bridgehead atoms. The van der Waals surface area contributed by atoms with Crippen LogP contribution in [0.2, 0.25) is 0 Å². The Morgan fingerprint density at radius 3 is 2.74 bits per heavy atom. The van der Waals surface area contributed by atoms with Crippen LogP contribution in [0, 0.1) is 5.92 Å². The number of alkyl halides is 1. The Hall–Kier alpha value is -1.83. The first-order chi connectivity index (χ1) is 13.0. The molecule has 0 unspecified atom stereocenters. The maximum absolute atomic E-state index is 12.6. The zero-order chi connectivity index (χ0) is 19.4. The number of rotatable bonds is 7. The minimum atomic E-state index is -1.82. The molecule has 1 fully saturated rings. The topological polar surface area (TPSA) is 101 Å². The molecular weight excluding hydrogens is 374 g/mol. The number of piperidine rings is 1. The van der Waals surface area contributed by atoms with Crippen LogP contribution in [0.4, 0.5) is 10.2 Å². The molecule has 0 radical (unpaired) electrons. The number of ether oxygens (including phenoxy) is 1. The molecule has 27 heavy (non-hydrogen) atoms. The van der Waals surface area contributed by atoms with Gasteiger partial charge in [0.2, 0.25) is 5.88 Å². The van der Waals surface area contributed by atoms with Crippen molar-refractivity contribution >= 4 is 25.0 Å². The van der Waals surface area contributed by atoms with E-state index < -0.39 is 20.6 Å². The number of hydrogen-bond acceptors (Lipinski definition) is 7. The van der Waals surface area contributed by atoms with E-state index >= 15 is 0 Å². The standard InChI is InChI=1S/C17H24FN4O4P/c1-26-16-15-13(11-19-22(8-5-18)17(15)23)10-14(20-16)21-6-2-12(3-7-21)4-9-27(24)25/h10-12,24-25H,2-9H2,1H3. The summed E-state index contributed by atoms with van der Waals surface area (Å²) < 4.78 is 19.0. The summed E-state index contributed by atoms with van der Waals surface area (Å²) in [5.41, 5.74) is -0.413. The number of hydrogen-bond donors (Lipinski definition) is 2. The average Bonchev–Trinajstić information content (AvgIpc) is 2.68. The lowest BCUT2D eigenvalue weighted by molar-refractivity contribution is 0.382. The highest BCUT2D eigenvalue weighted by Gasteiger charge is 2.22. The van der Waals surface area contributed by atoms with Gasteiger partial charge in [-0.15, -0.1) is 0 Å². The number of fused-ring (bicyclic) bond motifs is 1. The summed E-state index contributed by atoms with van der Waals surface area (Å²) in [4.78, 5) is 37.3. The van der Waals surface area contributed by atoms with E-state index in [1.54, 1.807) is 0 Å². The number of methoxy groups -OCH3 is 1. The van der Waals surface area contributed by atoms with Crippen molar-refractivity contribution in [3.8, 4) is 5.88 Å². The molecule has 148 valence electrons. The second-order valence-corrected chi connectivity index (χ2v) is 7.82. The van der Waals surface area contributed by atoms with Crippen molar-refractivity contribution in [1.29, 1.82) is 0 Å². The van der Waals surface area contributed by atoms with E-state index in [1.165, 1.54) is 13.3 Å². The van der Waals surface area contributed by atoms with Crippen LogP contribution in [0.1, 0.15) is 19.3 Å². The van der Waals surface area contributed by atoms with Gasteiger partial charge in [0.05, 0.1) is 19.9 Å². The van der Waals surface area contributed by atoms with Gasteiger partial charge in [0, 0.05) is 24.6 Å². The largest absolute Gasteiger partial charge is 0.480 e. The van der Waals surface area contributed by atoms with Crippen LogP contribution >= 0.6 is 8.38 Å². The van der Waals surface area contributed by atoms with E-state index in [2.05, 4.69) is 15.0 Å². The highest BCUT2D eigenvalue weighted by molar-refractivity contribution is 7.45. The van der Waals surface area contributed by atoms with E-state index in [-0.39, 0.29) is 12.4 Å². The van der Waals surface area contributed by atoms with Gasteiger partial charge < -0.3 is 19.4 Å². The zero-order valence-electron chi connectivity index (χ0n) is 15.2. The summed E-state index contributed by atoms with van der Waals surface area (Å²) in [5.74, 6) is 1.41. The number of aromatic nitrogens is 3. The van der Waals surface area contributed by atoms with Gasteiger partial charge in [-0.05, 0) is 31.2 Å². The maximum Gasteiger partial charge on any atom is 0.280 e. The first-order valence-corrected chi connectivity index (χ1v) is 10.4. The Labute approximate surface area is 157 Å². The molecular formula is C17H24FN4O4P. The molecule has 1 saturated heterocycles. The van der Waals surface area contributed by atoms with Crippen LogP contribution in [0.3, 0.4) is 0 Å². The first kappa shape index (κ1) is 19.9. The smallest absolute Gasteiger partial charge is 0.280 e. The predicted molar refractivity (Wildman–Crippen MR) is 102 cm³/mol. The van der Waals surface area contributed by atoms with E-state index in [1.807, 2.05) is 6.07 Å². The van der Waals surface area contributed by atoms with Crippen LogP contribution in [-0.4, -0.2) is 57.6 Å². The zero-order valence-corrected chi connectivity index (χ0v) is 16.1. The van der Waals surface area contributed by atoms with Crippen LogP contribution in [-0.2, 0) is 6.54 Å². The van der Waals surface area contributed by atoms with Crippen molar-refractivity contribution in [2.75, 3.05) is 37.9 Å². The fraction of sp³-hybridized carbons (Fsp3) is 0.588. The normalized spacial score (nSPS) is 15.7. The van der Waals surface area contributed by atoms with Gasteiger partial charge in [-0.2, -0.15) is 10.1 Å². The molecule has 0 aliphatic carbocycles. The Morgan fingerprint density at radius 2 is 2.11 bits per heavy atom. The number of pyridine rings is 1. The summed E-state index contributed by atoms with van der Waals surface area (Å²) in [6.45, 7) is 0.827. The lowest BCUT2D eigenvalue weighted by atomic mass is 9.94. The number of nitrogens with zero attached hydrogens (tertiary/aromatic N) is 4. The summed E-state index contributed by atoms with van der Waals surface area (Å²) in [6, 6.07) is 1.81. The summed E-state index contributed by atoms with van der Waals surface area (Å²) in [7, 11) is -0.363. The van der Waals surface area contributed by atoms with Crippen LogP contribution in [0.25, 0.3) is 10.8 Å². The van der Waals surface area contributed by atoms with Gasteiger partial charge in [0.1, 0.15) is 17.9 Å². The summed E-state index contributed by atoms with van der Waals surface area (Å²) in [6.07, 6.45) is 4.71. The van der Waals surface area contributed by atoms with Crippen molar-refractivity contribution in [3.63, 3.8) is 0 Å². The highest BCUT2D eigenvalue weighted by atomic mass is 31.2. The second-order valence-electron chi connectivity index (χ2n) is 6.63. The molecule has 0 atom stereocenters. The predicted octanol–water partition coefficient (Wildman–Crippen LogP) is 1.67. The van der Waals surface area contributed by atoms with Crippen LogP contribution < -0.4 is 15.2 Å². The third-order valence-electron chi connectivity index (χ3n) is 4.95. The molecule has 1 aliphatic rings. The second kappa shape index (κ2) is 8.91. The van der Waals surface area contributed by atoms with E-state index in [9.17, 15) is 9.18 Å². The monoisotopic (exact) mass is 398 g/mol. The molecule has 3 rings (SSSR count). The van der Waals surface area contributed by atoms with Gasteiger partial charge in [-0.1, -0.05) is 0 Å². The lowest BCUT2D eigenvalue weighted by Crippen LogP contribution is -2.34. The van der Waals surface area contributed by atoms with Gasteiger partial charge in [-0.25, -0.2) is 9.07 Å². The summed E-state index contributed by atoms with van der Waals surface area (Å²) in [5, 5.41) is 4.95. The van der Waals surface area contributed by atoms with Gasteiger partial charge >= 0.3 is 0 Å². The Bertz CT molecular complexity index is 840. The number of anilines is 1. The molecule has 2 aromatic heterocycles. The van der Waals surface area contributed by atoms with Crippen molar-refractivity contribution in [3.05, 3.63) is 22.6 Å². The molecule has 3 heterocycles. The quantitative estimate of drug-likeness (QED) is 0.685. The molecule has 8 nitrogen and oxygen atoms in total. The third kappa shape index (κ3) is 4.54. The van der Waals surface area contributed by atoms with Crippen LogP contribution in [0.5, 0.6) is 5.88 Å². The van der Waals surface area contributed by atoms with Crippen molar-refractivity contribution in [2.24, 2.45) is 5.92 Å². The van der Waals surface area contributed by atoms with Gasteiger partial charge in [-0.3, -0.25) is 4.79 Å². The fourth-order valence-electron chi connectivity index (χ4n) is 3.45. The van der Waals surface area contributed by atoms with Gasteiger partial charge in [0.25, 0.3) is 5.56 Å². The third-order valence-corrected chi connectivity index (χ3v) is 5.61. The molecule has 10 heteroatoms. The molecule has 0 spiro atoms. The van der Waals surface area contributed by atoms with Crippen molar-refractivity contribution < 1.29 is 18.9 Å². The minimum absolute atomic E-state index is 0.100. The first-order valence-electron chi connectivity index (χ1n) is 8.94. The lowest BCUT2D eigenvalue weighted by Gasteiger charge is -2.33. The van der Waals surface area contributed by atoms with Gasteiger partial charge in [0.15, 0.2) is 8.38 Å². The minimum Gasteiger partial charge on any atom is -0.480 e. The Balaban J connectivity index is 1.82. The van der Waals surface area contributed by atoms with E-state index in [4.69, 9.17) is 14.5 Å². The fourth-order valence-corrected chi connectivity index (χ4v) is 4.05. The Morgan fingerprint density at radius 1 is 1.37 bits per heavy atom. The molecule has 2 aromatic rings. The molecule has 2 N–H and O–H groups in total. The van der Waals surface area contributed by atoms with Crippen molar-refractivity contribution in [1.82, 2.24) is 14.8 Å². The Kier molecular flexibility index (Phi) is 6.57. The molecule has 0 saturated carbocycles. The highest BCUT2D eigenvalue weighted by Crippen LogP contribution is 2.32.